The van der Waals surface area contributed by atoms with Gasteiger partial charge in [0.2, 0.25) is 5.82 Å². The average molecular weight is 758 g/mol. The van der Waals surface area contributed by atoms with Gasteiger partial charge in [0, 0.05) is 57.8 Å². The van der Waals surface area contributed by atoms with Gasteiger partial charge in [-0.15, -0.1) is 0 Å². The van der Waals surface area contributed by atoms with Crippen LogP contribution >= 0.6 is 0 Å². The highest BCUT2D eigenvalue weighted by molar-refractivity contribution is 5.94. The van der Waals surface area contributed by atoms with Crippen molar-refractivity contribution >= 4 is 5.91 Å². The van der Waals surface area contributed by atoms with E-state index in [1.54, 1.807) is 18.2 Å². The van der Waals surface area contributed by atoms with E-state index in [-0.39, 0.29) is 25.4 Å². The minimum Gasteiger partial charge on any atom is -0.392 e. The van der Waals surface area contributed by atoms with Crippen molar-refractivity contribution in [3.8, 4) is 11.1 Å². The number of rotatable bonds is 11. The maximum Gasteiger partial charge on any atom is 0.257 e. The second-order valence-corrected chi connectivity index (χ2v) is 13.9. The number of piperazine rings is 1. The summed E-state index contributed by atoms with van der Waals surface area (Å²) in [5, 5.41) is 11.9. The SMILES string of the molecule is O=C(NCc1cccc(-c2cccc(C3OC(CN4CCN(Cc5ccccc5)CC4)CC(c4ccc(CO)cc4)O3)c2)c1)c1c(F)c(F)c(F)c(F)c1F. The molecule has 0 radical (unpaired) electrons. The highest BCUT2D eigenvalue weighted by atomic mass is 19.2. The summed E-state index contributed by atoms with van der Waals surface area (Å²) in [5.74, 6) is -12.5. The molecule has 55 heavy (non-hydrogen) atoms. The van der Waals surface area contributed by atoms with Gasteiger partial charge in [0.1, 0.15) is 5.56 Å². The zero-order valence-corrected chi connectivity index (χ0v) is 29.9. The molecule has 0 bridgehead atoms. The fraction of sp³-hybridized carbons (Fsp3) is 0.279. The van der Waals surface area contributed by atoms with Gasteiger partial charge in [-0.1, -0.05) is 91.0 Å². The monoisotopic (exact) mass is 757 g/mol. The lowest BCUT2D eigenvalue weighted by atomic mass is 9.98. The number of hydrogen-bond acceptors (Lipinski definition) is 6. The second-order valence-electron chi connectivity index (χ2n) is 13.9. The van der Waals surface area contributed by atoms with E-state index in [9.17, 15) is 31.9 Å². The first-order valence-corrected chi connectivity index (χ1v) is 18.1. The van der Waals surface area contributed by atoms with Gasteiger partial charge in [-0.25, -0.2) is 22.0 Å². The molecule has 2 saturated heterocycles. The van der Waals surface area contributed by atoms with Crippen molar-refractivity contribution in [1.82, 2.24) is 15.1 Å². The predicted octanol–water partition coefficient (Wildman–Crippen LogP) is 7.83. The Morgan fingerprint density at radius 3 is 1.96 bits per heavy atom. The number of aliphatic hydroxyl groups excluding tert-OH is 1. The third-order valence-electron chi connectivity index (χ3n) is 10.1. The number of hydrogen-bond donors (Lipinski definition) is 2. The summed E-state index contributed by atoms with van der Waals surface area (Å²) >= 11 is 0. The molecule has 2 N–H and O–H groups in total. The Morgan fingerprint density at radius 2 is 1.27 bits per heavy atom. The van der Waals surface area contributed by atoms with Crippen LogP contribution in [-0.4, -0.2) is 59.6 Å². The van der Waals surface area contributed by atoms with Crippen molar-refractivity contribution in [2.45, 2.75) is 44.6 Å². The van der Waals surface area contributed by atoms with Gasteiger partial charge in [0.15, 0.2) is 29.6 Å². The Hall–Kier alpha value is -4.98. The maximum atomic E-state index is 14.2. The van der Waals surface area contributed by atoms with Gasteiger partial charge < -0.3 is 19.9 Å². The van der Waals surface area contributed by atoms with E-state index in [0.29, 0.717) is 12.0 Å². The first kappa shape index (κ1) is 38.3. The standard InChI is InChI=1S/C43H40F5N3O4/c44-37-36(38(45)40(47)41(48)39(37)46)42(53)49-23-29-8-4-9-31(20-29)32-10-5-11-33(21-32)43-54-34(22-35(55-43)30-14-12-28(26-52)13-15-30)25-51-18-16-50(17-19-51)24-27-6-2-1-3-7-27/h1-15,20-21,34-35,43,52H,16-19,22-26H2,(H,49,53). The summed E-state index contributed by atoms with van der Waals surface area (Å²) in [6, 6.07) is 32.9. The van der Waals surface area contributed by atoms with Crippen LogP contribution in [0.1, 0.15) is 57.0 Å². The number of nitrogens with zero attached hydrogens (tertiary/aromatic N) is 2. The fourth-order valence-corrected chi connectivity index (χ4v) is 7.09. The summed E-state index contributed by atoms with van der Waals surface area (Å²) in [6.07, 6.45) is -0.429. The molecule has 0 aromatic heterocycles. The van der Waals surface area contributed by atoms with Crippen molar-refractivity contribution in [3.63, 3.8) is 0 Å². The molecule has 2 fully saturated rings. The minimum absolute atomic E-state index is 0.0535. The molecule has 5 aromatic carbocycles. The number of amides is 1. The molecular weight excluding hydrogens is 717 g/mol. The van der Waals surface area contributed by atoms with Gasteiger partial charge in [-0.3, -0.25) is 14.6 Å². The highest BCUT2D eigenvalue weighted by Gasteiger charge is 2.34. The molecule has 3 atom stereocenters. The molecule has 3 unspecified atom stereocenters. The minimum atomic E-state index is -2.33. The molecule has 286 valence electrons. The number of carbonyl (C=O) groups excluding carboxylic acids is 1. The maximum absolute atomic E-state index is 14.2. The van der Waals surface area contributed by atoms with E-state index in [4.69, 9.17) is 9.47 Å². The highest BCUT2D eigenvalue weighted by Crippen LogP contribution is 2.39. The molecule has 0 spiro atoms. The van der Waals surface area contributed by atoms with Crippen molar-refractivity contribution in [1.29, 1.82) is 0 Å². The number of benzene rings is 5. The third kappa shape index (κ3) is 8.95. The molecular formula is C43H40F5N3O4. The molecule has 12 heteroatoms. The molecule has 7 nitrogen and oxygen atoms in total. The lowest BCUT2D eigenvalue weighted by molar-refractivity contribution is -0.253. The van der Waals surface area contributed by atoms with Crippen LogP contribution in [0.15, 0.2) is 103 Å². The number of ether oxygens (including phenoxy) is 2. The Labute approximate surface area is 315 Å². The van der Waals surface area contributed by atoms with Crippen molar-refractivity contribution < 1.29 is 41.3 Å². The number of nitrogens with one attached hydrogen (secondary N) is 1. The number of carbonyl (C=O) groups is 1. The molecule has 2 aliphatic heterocycles. The molecule has 5 aromatic rings. The van der Waals surface area contributed by atoms with Crippen LogP contribution in [0.4, 0.5) is 22.0 Å². The number of aliphatic hydroxyl groups is 1. The van der Waals surface area contributed by atoms with Gasteiger partial charge in [0.05, 0.1) is 18.8 Å². The summed E-state index contributed by atoms with van der Waals surface area (Å²) in [5.41, 5.74) is 4.42. The van der Waals surface area contributed by atoms with Crippen LogP contribution in [0.25, 0.3) is 11.1 Å². The Morgan fingerprint density at radius 1 is 0.655 bits per heavy atom. The fourth-order valence-electron chi connectivity index (χ4n) is 7.09. The zero-order chi connectivity index (χ0) is 38.5. The average Bonchev–Trinajstić information content (AvgIpc) is 3.22. The molecule has 2 heterocycles. The largest absolute Gasteiger partial charge is 0.392 e. The van der Waals surface area contributed by atoms with Crippen LogP contribution in [0, 0.1) is 29.1 Å². The van der Waals surface area contributed by atoms with E-state index in [2.05, 4.69) is 39.4 Å². The van der Waals surface area contributed by atoms with Crippen LogP contribution in [0.3, 0.4) is 0 Å². The van der Waals surface area contributed by atoms with E-state index in [1.807, 2.05) is 60.7 Å². The van der Waals surface area contributed by atoms with Crippen molar-refractivity contribution in [3.05, 3.63) is 166 Å². The lowest BCUT2D eigenvalue weighted by Gasteiger charge is -2.41. The first-order valence-electron chi connectivity index (χ1n) is 18.1. The second kappa shape index (κ2) is 17.2. The van der Waals surface area contributed by atoms with Gasteiger partial charge in [0.25, 0.3) is 5.91 Å². The third-order valence-corrected chi connectivity index (χ3v) is 10.1. The van der Waals surface area contributed by atoms with Gasteiger partial charge >= 0.3 is 0 Å². The van der Waals surface area contributed by atoms with Crippen LogP contribution in [-0.2, 0) is 29.2 Å². The summed E-state index contributed by atoms with van der Waals surface area (Å²) < 4.78 is 82.6. The molecule has 2 aliphatic rings. The predicted molar refractivity (Wildman–Crippen MR) is 196 cm³/mol. The van der Waals surface area contributed by atoms with Gasteiger partial charge in [-0.2, -0.15) is 0 Å². The molecule has 7 rings (SSSR count). The quantitative estimate of drug-likeness (QED) is 0.0814. The molecule has 0 aliphatic carbocycles. The van der Waals surface area contributed by atoms with Crippen molar-refractivity contribution in [2.75, 3.05) is 32.7 Å². The smallest absolute Gasteiger partial charge is 0.257 e. The molecule has 0 saturated carbocycles. The van der Waals surface area contributed by atoms with Gasteiger partial charge in [-0.05, 0) is 45.5 Å². The summed E-state index contributed by atoms with van der Waals surface area (Å²) in [7, 11) is 0. The molecule has 1 amide bonds. The Balaban J connectivity index is 1.05. The normalized spacial score (nSPS) is 19.3. The van der Waals surface area contributed by atoms with E-state index >= 15 is 0 Å². The lowest BCUT2D eigenvalue weighted by Crippen LogP contribution is -2.49. The Bertz CT molecular complexity index is 2080. The van der Waals surface area contributed by atoms with E-state index in [0.717, 1.165) is 67.1 Å². The van der Waals surface area contributed by atoms with Crippen LogP contribution in [0.5, 0.6) is 0 Å². The zero-order valence-electron chi connectivity index (χ0n) is 29.9. The van der Waals surface area contributed by atoms with Crippen LogP contribution in [0.2, 0.25) is 0 Å². The van der Waals surface area contributed by atoms with Crippen molar-refractivity contribution in [2.24, 2.45) is 0 Å². The number of halogens is 5. The Kier molecular flexibility index (Phi) is 12.0. The summed E-state index contributed by atoms with van der Waals surface area (Å²) in [6.45, 7) is 5.11. The first-order chi connectivity index (χ1) is 26.7. The van der Waals surface area contributed by atoms with E-state index in [1.165, 1.54) is 5.56 Å². The summed E-state index contributed by atoms with van der Waals surface area (Å²) in [4.78, 5) is 17.5. The topological polar surface area (TPSA) is 74.3 Å². The van der Waals surface area contributed by atoms with Crippen LogP contribution < -0.4 is 5.32 Å². The van der Waals surface area contributed by atoms with E-state index < -0.39 is 46.8 Å².